The zero-order chi connectivity index (χ0) is 18.0. The van der Waals surface area contributed by atoms with Crippen LogP contribution in [0.1, 0.15) is 46.0 Å². The maximum absolute atomic E-state index is 4.92. The van der Waals surface area contributed by atoms with Crippen LogP contribution in [0.3, 0.4) is 0 Å². The van der Waals surface area contributed by atoms with Gasteiger partial charge in [-0.2, -0.15) is 0 Å². The fourth-order valence-corrected chi connectivity index (χ4v) is 3.73. The Labute approximate surface area is 155 Å². The zero-order valence-electron chi connectivity index (χ0n) is 15.6. The molecule has 0 saturated carbocycles. The Balaban J connectivity index is 1.75. The van der Waals surface area contributed by atoms with E-state index < -0.39 is 0 Å². The Morgan fingerprint density at radius 3 is 2.54 bits per heavy atom. The molecule has 0 saturated heterocycles. The zero-order valence-corrected chi connectivity index (χ0v) is 15.6. The van der Waals surface area contributed by atoms with Crippen molar-refractivity contribution in [3.8, 4) is 22.8 Å². The Morgan fingerprint density at radius 1 is 0.962 bits per heavy atom. The highest BCUT2D eigenvalue weighted by atomic mass is 15.5. The summed E-state index contributed by atoms with van der Waals surface area (Å²) in [5, 5.41) is 8.65. The quantitative estimate of drug-likeness (QED) is 0.584. The number of aromatic nitrogens is 3. The van der Waals surface area contributed by atoms with E-state index in [0.717, 1.165) is 34.9 Å². The molecule has 0 aliphatic carbocycles. The van der Waals surface area contributed by atoms with Crippen LogP contribution in [0.15, 0.2) is 54.6 Å². The summed E-state index contributed by atoms with van der Waals surface area (Å²) in [5.74, 6) is 1.75. The summed E-state index contributed by atoms with van der Waals surface area (Å²) in [6.07, 6.45) is 6.00. The van der Waals surface area contributed by atoms with Gasteiger partial charge in [0.25, 0.3) is 0 Å². The molecule has 26 heavy (non-hydrogen) atoms. The van der Waals surface area contributed by atoms with Gasteiger partial charge in [-0.05, 0) is 31.9 Å². The molecule has 1 aromatic heterocycles. The van der Waals surface area contributed by atoms with E-state index in [4.69, 9.17) is 10.1 Å². The molecule has 0 radical (unpaired) electrons. The van der Waals surface area contributed by atoms with Gasteiger partial charge >= 0.3 is 0 Å². The lowest BCUT2D eigenvalue weighted by molar-refractivity contribution is 0.296. The molecule has 0 bridgehead atoms. The monoisotopic (exact) mass is 346 g/mol. The van der Waals surface area contributed by atoms with Crippen molar-refractivity contribution in [2.24, 2.45) is 0 Å². The molecule has 1 aliphatic rings. The predicted molar refractivity (Wildman–Crippen MR) is 107 cm³/mol. The minimum Gasteiger partial charge on any atom is -0.361 e. The molecule has 0 amide bonds. The molecule has 2 heterocycles. The highest BCUT2D eigenvalue weighted by Gasteiger charge is 2.36. The molecule has 4 rings (SSSR count). The fraction of sp³-hybridized carbons (Fsp3) is 0.364. The third-order valence-corrected chi connectivity index (χ3v) is 5.20. The molecular weight excluding hydrogens is 320 g/mol. The third-order valence-electron chi connectivity index (χ3n) is 5.20. The Bertz CT molecular complexity index is 884. The van der Waals surface area contributed by atoms with Gasteiger partial charge in [-0.25, -0.2) is 9.67 Å². The van der Waals surface area contributed by atoms with Crippen molar-refractivity contribution in [2.75, 3.05) is 5.32 Å². The van der Waals surface area contributed by atoms with E-state index in [1.54, 1.807) is 0 Å². The number of fused-ring (bicyclic) bond motifs is 3. The van der Waals surface area contributed by atoms with Gasteiger partial charge in [0.2, 0.25) is 0 Å². The molecule has 3 aromatic rings. The number of rotatable bonds is 6. The number of hydrogen-bond donors (Lipinski definition) is 1. The molecule has 1 aliphatic heterocycles. The number of nitrogens with zero attached hydrogens (tertiary/aromatic N) is 3. The van der Waals surface area contributed by atoms with Crippen LogP contribution in [0.4, 0.5) is 5.69 Å². The Hall–Kier alpha value is -2.62. The highest BCUT2D eigenvalue weighted by molar-refractivity contribution is 5.77. The first-order chi connectivity index (χ1) is 12.7. The van der Waals surface area contributed by atoms with Gasteiger partial charge in [0.05, 0.1) is 0 Å². The average molecular weight is 346 g/mol. The largest absolute Gasteiger partial charge is 0.361 e. The van der Waals surface area contributed by atoms with Crippen LogP contribution in [0.5, 0.6) is 0 Å². The summed E-state index contributed by atoms with van der Waals surface area (Å²) in [6.45, 7) is 4.49. The van der Waals surface area contributed by atoms with Crippen LogP contribution in [0, 0.1) is 0 Å². The van der Waals surface area contributed by atoms with E-state index in [1.165, 1.54) is 25.7 Å². The van der Waals surface area contributed by atoms with Crippen LogP contribution in [-0.2, 0) is 5.66 Å². The second-order valence-corrected chi connectivity index (χ2v) is 7.29. The SMILES string of the molecule is CCCCCC[C@]1(C)Nc2ccccc2-c2nc(-c3ccccc3)nn21. The van der Waals surface area contributed by atoms with E-state index in [9.17, 15) is 0 Å². The number of unbranched alkanes of at least 4 members (excludes halogenated alkanes) is 3. The van der Waals surface area contributed by atoms with Crippen molar-refractivity contribution < 1.29 is 0 Å². The van der Waals surface area contributed by atoms with Gasteiger partial charge in [0.15, 0.2) is 11.6 Å². The van der Waals surface area contributed by atoms with E-state index >= 15 is 0 Å². The second kappa shape index (κ2) is 6.94. The first-order valence-corrected chi connectivity index (χ1v) is 9.62. The van der Waals surface area contributed by atoms with Crippen molar-refractivity contribution in [3.05, 3.63) is 54.6 Å². The topological polar surface area (TPSA) is 42.7 Å². The summed E-state index contributed by atoms with van der Waals surface area (Å²) in [5.41, 5.74) is 3.07. The summed E-state index contributed by atoms with van der Waals surface area (Å²) in [7, 11) is 0. The van der Waals surface area contributed by atoms with Crippen LogP contribution in [0.25, 0.3) is 22.8 Å². The van der Waals surface area contributed by atoms with Crippen molar-refractivity contribution >= 4 is 5.69 Å². The van der Waals surface area contributed by atoms with Crippen LogP contribution >= 0.6 is 0 Å². The van der Waals surface area contributed by atoms with Gasteiger partial charge in [-0.1, -0.05) is 68.7 Å². The first kappa shape index (κ1) is 16.8. The van der Waals surface area contributed by atoms with Gasteiger partial charge in [-0.15, -0.1) is 5.10 Å². The molecule has 1 N–H and O–H groups in total. The predicted octanol–water partition coefficient (Wildman–Crippen LogP) is 5.68. The highest BCUT2D eigenvalue weighted by Crippen LogP contribution is 2.40. The number of para-hydroxylation sites is 1. The number of anilines is 1. The third kappa shape index (κ3) is 3.00. The van der Waals surface area contributed by atoms with Gasteiger partial charge in [0, 0.05) is 16.8 Å². The minimum atomic E-state index is -0.253. The van der Waals surface area contributed by atoms with Gasteiger partial charge in [0.1, 0.15) is 5.66 Å². The average Bonchev–Trinajstić information content (AvgIpc) is 3.13. The van der Waals surface area contributed by atoms with E-state index in [0.29, 0.717) is 0 Å². The maximum atomic E-state index is 4.92. The van der Waals surface area contributed by atoms with E-state index in [1.807, 2.05) is 18.2 Å². The standard InChI is InChI=1S/C22H26N4/c1-3-4-5-11-16-22(2)24-19-15-10-9-14-18(19)21-23-20(25-26(21)22)17-12-7-6-8-13-17/h6-10,12-15,24H,3-5,11,16H2,1-2H3/t22-/m1/s1. The summed E-state index contributed by atoms with van der Waals surface area (Å²) >= 11 is 0. The molecule has 2 aromatic carbocycles. The second-order valence-electron chi connectivity index (χ2n) is 7.29. The van der Waals surface area contributed by atoms with Crippen molar-refractivity contribution in [1.82, 2.24) is 14.8 Å². The van der Waals surface area contributed by atoms with Crippen LogP contribution in [0.2, 0.25) is 0 Å². The molecule has 0 unspecified atom stereocenters. The Kier molecular flexibility index (Phi) is 4.49. The molecule has 1 atom stereocenters. The summed E-state index contributed by atoms with van der Waals surface area (Å²) < 4.78 is 2.10. The van der Waals surface area contributed by atoms with Crippen molar-refractivity contribution in [3.63, 3.8) is 0 Å². The Morgan fingerprint density at radius 2 is 1.73 bits per heavy atom. The molecule has 0 fully saturated rings. The molecule has 134 valence electrons. The van der Waals surface area contributed by atoms with E-state index in [-0.39, 0.29) is 5.66 Å². The van der Waals surface area contributed by atoms with Gasteiger partial charge in [-0.3, -0.25) is 0 Å². The molecule has 4 heteroatoms. The number of benzene rings is 2. The minimum absolute atomic E-state index is 0.253. The van der Waals surface area contributed by atoms with Crippen LogP contribution in [-0.4, -0.2) is 14.8 Å². The van der Waals surface area contributed by atoms with Crippen molar-refractivity contribution in [2.45, 2.75) is 51.6 Å². The van der Waals surface area contributed by atoms with Crippen LogP contribution < -0.4 is 5.32 Å². The van der Waals surface area contributed by atoms with Crippen molar-refractivity contribution in [1.29, 1.82) is 0 Å². The maximum Gasteiger partial charge on any atom is 0.181 e. The lowest BCUT2D eigenvalue weighted by Crippen LogP contribution is -2.42. The molecule has 4 nitrogen and oxygen atoms in total. The van der Waals surface area contributed by atoms with E-state index in [2.05, 4.69) is 60.2 Å². The molecular formula is C22H26N4. The lowest BCUT2D eigenvalue weighted by Gasteiger charge is -2.37. The number of hydrogen-bond acceptors (Lipinski definition) is 3. The summed E-state index contributed by atoms with van der Waals surface area (Å²) in [6, 6.07) is 18.6. The normalized spacial score (nSPS) is 18.1. The van der Waals surface area contributed by atoms with Gasteiger partial charge < -0.3 is 5.32 Å². The number of nitrogens with one attached hydrogen (secondary N) is 1. The smallest absolute Gasteiger partial charge is 0.181 e. The first-order valence-electron chi connectivity index (χ1n) is 9.62. The fourth-order valence-electron chi connectivity index (χ4n) is 3.73. The summed E-state index contributed by atoms with van der Waals surface area (Å²) in [4.78, 5) is 4.91. The lowest BCUT2D eigenvalue weighted by atomic mass is 9.98. The molecule has 0 spiro atoms.